The Labute approximate surface area is 172 Å². The van der Waals surface area contributed by atoms with E-state index in [2.05, 4.69) is 98.0 Å². The molecule has 0 atom stereocenters. The number of aromatic nitrogens is 1. The number of benzene rings is 3. The van der Waals surface area contributed by atoms with Crippen LogP contribution >= 0.6 is 0 Å². The number of pyridine rings is 1. The summed E-state index contributed by atoms with van der Waals surface area (Å²) in [4.78, 5) is 4.78. The lowest BCUT2D eigenvalue weighted by Crippen LogP contribution is -2.02. The van der Waals surface area contributed by atoms with Gasteiger partial charge in [0.05, 0.1) is 11.2 Å². The number of nitrogens with one attached hydrogen (secondary N) is 1. The Kier molecular flexibility index (Phi) is 5.13. The Bertz CT molecular complexity index is 1190. The first-order valence-electron chi connectivity index (χ1n) is 9.86. The van der Waals surface area contributed by atoms with Crippen molar-refractivity contribution in [2.24, 2.45) is 5.10 Å². The predicted octanol–water partition coefficient (Wildman–Crippen LogP) is 6.66. The third-order valence-corrected chi connectivity index (χ3v) is 5.20. The van der Waals surface area contributed by atoms with E-state index in [-0.39, 0.29) is 0 Å². The summed E-state index contributed by atoms with van der Waals surface area (Å²) >= 11 is 0. The number of nitrogens with zero attached hydrogens (tertiary/aromatic N) is 2. The van der Waals surface area contributed by atoms with E-state index >= 15 is 0 Å². The molecular formula is C26H25N3. The Morgan fingerprint density at radius 3 is 2.21 bits per heavy atom. The van der Waals surface area contributed by atoms with Gasteiger partial charge in [-0.15, -0.1) is 0 Å². The molecular weight excluding hydrogens is 354 g/mol. The molecule has 3 heteroatoms. The maximum Gasteiger partial charge on any atom is 0.147 e. The number of aryl methyl sites for hydroxylation is 3. The summed E-state index contributed by atoms with van der Waals surface area (Å²) in [6, 6.07) is 25.3. The smallest absolute Gasteiger partial charge is 0.147 e. The van der Waals surface area contributed by atoms with E-state index in [0.717, 1.165) is 22.6 Å². The highest BCUT2D eigenvalue weighted by Crippen LogP contribution is 2.25. The standard InChI is InChI=1S/C26H25N3/c1-17-14-19(3)26-24(15-17)18(2)16-25(27-26)29-28-20(4)21-10-12-23(13-11-21)22-8-6-5-7-9-22/h5-16H,1-4H3,(H,27,29). The molecule has 0 unspecified atom stereocenters. The lowest BCUT2D eigenvalue weighted by Gasteiger charge is -2.10. The number of anilines is 1. The lowest BCUT2D eigenvalue weighted by atomic mass is 10.0. The van der Waals surface area contributed by atoms with Gasteiger partial charge in [0, 0.05) is 5.39 Å². The van der Waals surface area contributed by atoms with Crippen molar-refractivity contribution in [2.75, 3.05) is 5.43 Å². The van der Waals surface area contributed by atoms with Crippen LogP contribution in [0.2, 0.25) is 0 Å². The van der Waals surface area contributed by atoms with E-state index in [0.29, 0.717) is 0 Å². The second-order valence-corrected chi connectivity index (χ2v) is 7.55. The monoisotopic (exact) mass is 379 g/mol. The van der Waals surface area contributed by atoms with Gasteiger partial charge in [0.1, 0.15) is 5.82 Å². The van der Waals surface area contributed by atoms with E-state index in [1.54, 1.807) is 0 Å². The minimum Gasteiger partial charge on any atom is -0.261 e. The van der Waals surface area contributed by atoms with E-state index in [1.165, 1.54) is 33.2 Å². The number of rotatable bonds is 4. The minimum atomic E-state index is 0.766. The molecule has 144 valence electrons. The molecule has 3 aromatic carbocycles. The third-order valence-electron chi connectivity index (χ3n) is 5.20. The first-order valence-corrected chi connectivity index (χ1v) is 9.86. The quantitative estimate of drug-likeness (QED) is 0.318. The van der Waals surface area contributed by atoms with Crippen LogP contribution in [0, 0.1) is 20.8 Å². The van der Waals surface area contributed by atoms with Crippen molar-refractivity contribution in [3.05, 3.63) is 95.1 Å². The van der Waals surface area contributed by atoms with Crippen LogP contribution in [-0.2, 0) is 0 Å². The number of hydrazone groups is 1. The Morgan fingerprint density at radius 2 is 1.48 bits per heavy atom. The van der Waals surface area contributed by atoms with Gasteiger partial charge in [-0.1, -0.05) is 66.2 Å². The Balaban J connectivity index is 1.57. The zero-order valence-corrected chi connectivity index (χ0v) is 17.3. The molecule has 0 aliphatic carbocycles. The average molecular weight is 380 g/mol. The van der Waals surface area contributed by atoms with Gasteiger partial charge in [-0.05, 0) is 67.6 Å². The van der Waals surface area contributed by atoms with Gasteiger partial charge in [-0.3, -0.25) is 5.43 Å². The SMILES string of the molecule is CC(=NNc1cc(C)c2cc(C)cc(C)c2n1)c1ccc(-c2ccccc2)cc1. The molecule has 4 rings (SSSR count). The second-order valence-electron chi connectivity index (χ2n) is 7.55. The first-order chi connectivity index (χ1) is 14.0. The van der Waals surface area contributed by atoms with Crippen LogP contribution in [0.3, 0.4) is 0 Å². The highest BCUT2D eigenvalue weighted by atomic mass is 15.3. The van der Waals surface area contributed by atoms with Crippen molar-refractivity contribution in [3.63, 3.8) is 0 Å². The van der Waals surface area contributed by atoms with Gasteiger partial charge < -0.3 is 0 Å². The van der Waals surface area contributed by atoms with Crippen LogP contribution in [0.4, 0.5) is 5.82 Å². The summed E-state index contributed by atoms with van der Waals surface area (Å²) in [5.41, 5.74) is 12.2. The van der Waals surface area contributed by atoms with Gasteiger partial charge in [0.25, 0.3) is 0 Å². The molecule has 0 saturated heterocycles. The summed E-state index contributed by atoms with van der Waals surface area (Å²) in [7, 11) is 0. The molecule has 0 amide bonds. The van der Waals surface area contributed by atoms with E-state index in [9.17, 15) is 0 Å². The highest BCUT2D eigenvalue weighted by Gasteiger charge is 2.06. The summed E-state index contributed by atoms with van der Waals surface area (Å²) in [5, 5.41) is 5.77. The number of fused-ring (bicyclic) bond motifs is 1. The molecule has 1 N–H and O–H groups in total. The maximum absolute atomic E-state index is 4.78. The molecule has 0 aliphatic heterocycles. The van der Waals surface area contributed by atoms with Gasteiger partial charge in [-0.2, -0.15) is 5.10 Å². The molecule has 0 spiro atoms. The van der Waals surface area contributed by atoms with Gasteiger partial charge >= 0.3 is 0 Å². The molecule has 0 bridgehead atoms. The van der Waals surface area contributed by atoms with Crippen LogP contribution < -0.4 is 5.43 Å². The molecule has 3 nitrogen and oxygen atoms in total. The fraction of sp³-hybridized carbons (Fsp3) is 0.154. The van der Waals surface area contributed by atoms with Crippen LogP contribution in [-0.4, -0.2) is 10.7 Å². The molecule has 1 heterocycles. The van der Waals surface area contributed by atoms with Crippen LogP contribution in [0.15, 0.2) is 77.9 Å². The summed E-state index contributed by atoms with van der Waals surface area (Å²) in [6.45, 7) is 8.35. The largest absolute Gasteiger partial charge is 0.261 e. The van der Waals surface area contributed by atoms with Crippen LogP contribution in [0.1, 0.15) is 29.2 Å². The number of hydrogen-bond donors (Lipinski definition) is 1. The minimum absolute atomic E-state index is 0.766. The van der Waals surface area contributed by atoms with Crippen LogP contribution in [0.5, 0.6) is 0 Å². The topological polar surface area (TPSA) is 37.3 Å². The Morgan fingerprint density at radius 1 is 0.793 bits per heavy atom. The van der Waals surface area contributed by atoms with E-state index in [4.69, 9.17) is 4.98 Å². The molecule has 0 radical (unpaired) electrons. The predicted molar refractivity (Wildman–Crippen MR) is 124 cm³/mol. The van der Waals surface area contributed by atoms with E-state index < -0.39 is 0 Å². The first kappa shape index (κ1) is 18.9. The molecule has 0 aliphatic rings. The van der Waals surface area contributed by atoms with Crippen molar-refractivity contribution in [1.82, 2.24) is 4.98 Å². The molecule has 0 fully saturated rings. The fourth-order valence-electron chi connectivity index (χ4n) is 3.64. The van der Waals surface area contributed by atoms with Crippen molar-refractivity contribution in [2.45, 2.75) is 27.7 Å². The zero-order chi connectivity index (χ0) is 20.4. The van der Waals surface area contributed by atoms with Crippen molar-refractivity contribution in [1.29, 1.82) is 0 Å². The van der Waals surface area contributed by atoms with E-state index in [1.807, 2.05) is 13.0 Å². The lowest BCUT2D eigenvalue weighted by molar-refractivity contribution is 1.23. The molecule has 4 aromatic rings. The maximum atomic E-state index is 4.78. The summed E-state index contributed by atoms with van der Waals surface area (Å²) < 4.78 is 0. The highest BCUT2D eigenvalue weighted by molar-refractivity contribution is 5.99. The summed E-state index contributed by atoms with van der Waals surface area (Å²) in [6.07, 6.45) is 0. The van der Waals surface area contributed by atoms with Crippen molar-refractivity contribution in [3.8, 4) is 11.1 Å². The fourth-order valence-corrected chi connectivity index (χ4v) is 3.64. The number of hydrogen-bond acceptors (Lipinski definition) is 3. The second kappa shape index (κ2) is 7.88. The summed E-state index contributed by atoms with van der Waals surface area (Å²) in [5.74, 6) is 0.766. The average Bonchev–Trinajstić information content (AvgIpc) is 2.73. The zero-order valence-electron chi connectivity index (χ0n) is 17.3. The molecule has 0 saturated carbocycles. The Hall–Kier alpha value is -3.46. The molecule has 1 aromatic heterocycles. The molecule has 29 heavy (non-hydrogen) atoms. The van der Waals surface area contributed by atoms with Crippen molar-refractivity contribution < 1.29 is 0 Å². The third kappa shape index (κ3) is 4.04. The van der Waals surface area contributed by atoms with Crippen LogP contribution in [0.25, 0.3) is 22.0 Å². The van der Waals surface area contributed by atoms with Gasteiger partial charge in [-0.25, -0.2) is 4.98 Å². The van der Waals surface area contributed by atoms with Crippen molar-refractivity contribution >= 4 is 22.4 Å². The van der Waals surface area contributed by atoms with Gasteiger partial charge in [0.2, 0.25) is 0 Å². The van der Waals surface area contributed by atoms with Gasteiger partial charge in [0.15, 0.2) is 0 Å². The normalized spacial score (nSPS) is 11.7.